The maximum atomic E-state index is 12.1. The minimum atomic E-state index is -1.09. The number of carbonyl (C=O) groups excluding carboxylic acids is 1. The Morgan fingerprint density at radius 2 is 2.00 bits per heavy atom. The first kappa shape index (κ1) is 17.7. The summed E-state index contributed by atoms with van der Waals surface area (Å²) in [5.41, 5.74) is 2.07. The van der Waals surface area contributed by atoms with Gasteiger partial charge < -0.3 is 10.4 Å². The summed E-state index contributed by atoms with van der Waals surface area (Å²) in [4.78, 5) is 23.6. The normalized spacial score (nSPS) is 15.4. The predicted octanol–water partition coefficient (Wildman–Crippen LogP) is 2.90. The van der Waals surface area contributed by atoms with E-state index in [9.17, 15) is 14.7 Å². The summed E-state index contributed by atoms with van der Waals surface area (Å²) in [5.74, 6) is 1.11. The summed E-state index contributed by atoms with van der Waals surface area (Å²) in [5, 5.41) is 19.9. The van der Waals surface area contributed by atoms with Crippen LogP contribution in [0.4, 0.5) is 0 Å². The van der Waals surface area contributed by atoms with Gasteiger partial charge in [0.2, 0.25) is 5.91 Å². The highest BCUT2D eigenvalue weighted by molar-refractivity contribution is 5.84. The fourth-order valence-electron chi connectivity index (χ4n) is 2.45. The third-order valence-electron chi connectivity index (χ3n) is 4.22. The molecule has 0 fully saturated rings. The summed E-state index contributed by atoms with van der Waals surface area (Å²) in [6.07, 6.45) is 7.00. The van der Waals surface area contributed by atoms with Gasteiger partial charge in [-0.05, 0) is 30.5 Å². The van der Waals surface area contributed by atoms with Crippen molar-refractivity contribution >= 4 is 11.9 Å². The highest BCUT2D eigenvalue weighted by Crippen LogP contribution is 2.37. The van der Waals surface area contributed by atoms with Crippen LogP contribution >= 0.6 is 0 Å². The van der Waals surface area contributed by atoms with Gasteiger partial charge in [0.15, 0.2) is 11.7 Å². The fraction of sp³-hybridized carbons (Fsp3) is 0.444. The molecule has 2 rings (SSSR count). The lowest BCUT2D eigenvalue weighted by atomic mass is 10.00. The Kier molecular flexibility index (Phi) is 5.35. The van der Waals surface area contributed by atoms with Crippen molar-refractivity contribution in [3.8, 4) is 12.3 Å². The average Bonchev–Trinajstić information content (AvgIpc) is 3.32. The molecule has 1 aromatic carbocycles. The molecule has 0 saturated carbocycles. The Balaban J connectivity index is 1.95. The molecule has 1 amide bonds. The largest absolute Gasteiger partial charge is 0.479 e. The molecule has 0 spiro atoms. The lowest BCUT2D eigenvalue weighted by Crippen LogP contribution is -2.34. The van der Waals surface area contributed by atoms with Gasteiger partial charge in [0.25, 0.3) is 0 Å². The number of nitrogens with one attached hydrogen (secondary N) is 1. The zero-order valence-electron chi connectivity index (χ0n) is 13.9. The molecular formula is C18H21N3O3. The van der Waals surface area contributed by atoms with Gasteiger partial charge in [-0.2, -0.15) is 10.2 Å². The number of carbonyl (C=O) groups is 2. The van der Waals surface area contributed by atoms with Crippen LogP contribution in [0, 0.1) is 26.2 Å². The number of terminal acetylenes is 1. The topological polar surface area (TPSA) is 91.1 Å². The Hall–Kier alpha value is -2.68. The van der Waals surface area contributed by atoms with Crippen LogP contribution in [-0.4, -0.2) is 22.6 Å². The molecule has 1 aliphatic heterocycles. The zero-order valence-corrected chi connectivity index (χ0v) is 13.9. The van der Waals surface area contributed by atoms with Gasteiger partial charge in [0, 0.05) is 25.7 Å². The predicted molar refractivity (Wildman–Crippen MR) is 89.3 cm³/mol. The number of rotatable bonds is 8. The minimum Gasteiger partial charge on any atom is -0.479 e. The first-order chi connectivity index (χ1) is 11.4. The average molecular weight is 327 g/mol. The molecule has 1 aromatic rings. The van der Waals surface area contributed by atoms with Crippen molar-refractivity contribution in [3.05, 3.63) is 34.9 Å². The lowest BCUT2D eigenvalue weighted by molar-refractivity contribution is -0.142. The molecule has 0 saturated heterocycles. The van der Waals surface area contributed by atoms with Crippen LogP contribution in [0.25, 0.3) is 0 Å². The molecule has 0 aliphatic carbocycles. The van der Waals surface area contributed by atoms with Gasteiger partial charge in [-0.15, -0.1) is 12.3 Å². The molecule has 126 valence electrons. The number of hydrogen-bond acceptors (Lipinski definition) is 4. The summed E-state index contributed by atoms with van der Waals surface area (Å²) >= 11 is 0. The summed E-state index contributed by atoms with van der Waals surface area (Å²) in [6, 6.07) is 4.30. The molecule has 1 heterocycles. The third-order valence-corrected chi connectivity index (χ3v) is 4.22. The van der Waals surface area contributed by atoms with E-state index >= 15 is 0 Å². The molecule has 0 aromatic heterocycles. The number of carboxylic acids is 1. The van der Waals surface area contributed by atoms with Crippen LogP contribution in [0.5, 0.6) is 0 Å². The molecule has 6 nitrogen and oxygen atoms in total. The van der Waals surface area contributed by atoms with E-state index in [2.05, 4.69) is 21.5 Å². The Morgan fingerprint density at radius 1 is 1.29 bits per heavy atom. The molecule has 24 heavy (non-hydrogen) atoms. The third kappa shape index (κ3) is 4.42. The van der Waals surface area contributed by atoms with Crippen molar-refractivity contribution in [2.45, 2.75) is 51.2 Å². The van der Waals surface area contributed by atoms with Crippen LogP contribution in [0.3, 0.4) is 0 Å². The summed E-state index contributed by atoms with van der Waals surface area (Å²) in [7, 11) is 0. The summed E-state index contributed by atoms with van der Waals surface area (Å²) in [6.45, 7) is 3.86. The lowest BCUT2D eigenvalue weighted by Gasteiger charge is -2.17. The smallest absolute Gasteiger partial charge is 0.330 e. The highest BCUT2D eigenvalue weighted by atomic mass is 16.4. The molecule has 6 heteroatoms. The molecule has 0 bridgehead atoms. The van der Waals surface area contributed by atoms with E-state index < -0.39 is 17.7 Å². The van der Waals surface area contributed by atoms with Gasteiger partial charge >= 0.3 is 5.97 Å². The van der Waals surface area contributed by atoms with Crippen LogP contribution in [0.2, 0.25) is 0 Å². The summed E-state index contributed by atoms with van der Waals surface area (Å²) < 4.78 is 0. The quantitative estimate of drug-likeness (QED) is 0.719. The second-order valence-corrected chi connectivity index (χ2v) is 6.07. The van der Waals surface area contributed by atoms with E-state index in [0.717, 1.165) is 11.1 Å². The second-order valence-electron chi connectivity index (χ2n) is 6.07. The monoisotopic (exact) mass is 327 g/mol. The van der Waals surface area contributed by atoms with Gasteiger partial charge in [-0.3, -0.25) is 4.79 Å². The molecule has 1 aliphatic rings. The van der Waals surface area contributed by atoms with Crippen molar-refractivity contribution in [3.63, 3.8) is 0 Å². The minimum absolute atomic E-state index is 0.159. The number of aryl methyl sites for hydroxylation is 2. The molecular weight excluding hydrogens is 306 g/mol. The Bertz CT molecular complexity index is 713. The Morgan fingerprint density at radius 3 is 2.54 bits per heavy atom. The fourth-order valence-corrected chi connectivity index (χ4v) is 2.45. The molecule has 2 N–H and O–H groups in total. The van der Waals surface area contributed by atoms with Crippen molar-refractivity contribution in [2.24, 2.45) is 10.2 Å². The van der Waals surface area contributed by atoms with E-state index in [0.29, 0.717) is 24.8 Å². The number of hydrogen-bond donors (Lipinski definition) is 2. The molecule has 0 radical (unpaired) electrons. The number of amides is 1. The Labute approximate surface area is 141 Å². The van der Waals surface area contributed by atoms with Gasteiger partial charge in [0.1, 0.15) is 0 Å². The van der Waals surface area contributed by atoms with Crippen LogP contribution in [0.15, 0.2) is 28.4 Å². The van der Waals surface area contributed by atoms with E-state index in [-0.39, 0.29) is 12.3 Å². The van der Waals surface area contributed by atoms with Crippen LogP contribution in [0.1, 0.15) is 48.4 Å². The SMILES string of the molecule is C#CCCC1(CCC(=O)NC(C(=O)O)c2ccc(C)c(C)c2)N=N1. The van der Waals surface area contributed by atoms with E-state index in [4.69, 9.17) is 6.42 Å². The van der Waals surface area contributed by atoms with Gasteiger partial charge in [-0.1, -0.05) is 18.2 Å². The van der Waals surface area contributed by atoms with E-state index in [1.165, 1.54) is 0 Å². The number of carboxylic acid groups (broad SMARTS) is 1. The number of aliphatic carboxylic acids is 1. The van der Waals surface area contributed by atoms with Gasteiger partial charge in [0.05, 0.1) is 0 Å². The van der Waals surface area contributed by atoms with Crippen molar-refractivity contribution < 1.29 is 14.7 Å². The van der Waals surface area contributed by atoms with Crippen molar-refractivity contribution in [1.82, 2.24) is 5.32 Å². The van der Waals surface area contributed by atoms with E-state index in [1.807, 2.05) is 19.9 Å². The van der Waals surface area contributed by atoms with Crippen LogP contribution in [-0.2, 0) is 9.59 Å². The number of benzene rings is 1. The maximum absolute atomic E-state index is 12.1. The second kappa shape index (κ2) is 7.26. The van der Waals surface area contributed by atoms with Gasteiger partial charge in [-0.25, -0.2) is 4.79 Å². The standard InChI is InChI=1S/C18H21N3O3/c1-4-5-9-18(20-21-18)10-8-15(22)19-16(17(23)24)14-7-6-12(2)13(3)11-14/h1,6-7,11,16H,5,8-10H2,2-3H3,(H,19,22)(H,23,24). The molecule has 1 unspecified atom stereocenters. The maximum Gasteiger partial charge on any atom is 0.330 e. The van der Waals surface area contributed by atoms with Crippen molar-refractivity contribution in [2.75, 3.05) is 0 Å². The van der Waals surface area contributed by atoms with Crippen LogP contribution < -0.4 is 5.32 Å². The van der Waals surface area contributed by atoms with E-state index in [1.54, 1.807) is 12.1 Å². The first-order valence-corrected chi connectivity index (χ1v) is 7.84. The zero-order chi connectivity index (χ0) is 17.7. The van der Waals surface area contributed by atoms with Crippen molar-refractivity contribution in [1.29, 1.82) is 0 Å². The highest BCUT2D eigenvalue weighted by Gasteiger charge is 2.39. The molecule has 1 atom stereocenters. The number of nitrogens with zero attached hydrogens (tertiary/aromatic N) is 2. The first-order valence-electron chi connectivity index (χ1n) is 7.84.